The summed E-state index contributed by atoms with van der Waals surface area (Å²) >= 11 is 5.82. The van der Waals surface area contributed by atoms with E-state index in [1.54, 1.807) is 0 Å². The molecule has 1 aromatic heterocycles. The van der Waals surface area contributed by atoms with Crippen molar-refractivity contribution >= 4 is 23.2 Å². The Morgan fingerprint density at radius 2 is 1.96 bits per heavy atom. The van der Waals surface area contributed by atoms with Crippen LogP contribution < -0.4 is 5.32 Å². The fourth-order valence-electron chi connectivity index (χ4n) is 2.28. The van der Waals surface area contributed by atoms with E-state index in [4.69, 9.17) is 16.9 Å². The number of benzene rings is 2. The van der Waals surface area contributed by atoms with E-state index in [0.717, 1.165) is 16.9 Å². The van der Waals surface area contributed by atoms with E-state index in [1.165, 1.54) is 36.4 Å². The number of rotatable bonds is 3. The molecule has 0 saturated heterocycles. The number of nitrogens with one attached hydrogen (secondary N) is 1. The van der Waals surface area contributed by atoms with Gasteiger partial charge >= 0.3 is 6.18 Å². The van der Waals surface area contributed by atoms with Gasteiger partial charge in [-0.2, -0.15) is 18.4 Å². The standard InChI is InChI=1S/C17H9ClF3N5O/c18-13-6-5-11(7-10(13)8-22)23-16(27)14-9-26(25-24-14)15-4-2-1-3-12(15)17(19,20)21/h1-7,9H,(H,23,27). The third-order valence-corrected chi connectivity index (χ3v) is 3.86. The molecule has 0 bridgehead atoms. The van der Waals surface area contributed by atoms with Gasteiger partial charge in [0.05, 0.1) is 28.0 Å². The van der Waals surface area contributed by atoms with Crippen molar-refractivity contribution in [3.05, 3.63) is 70.5 Å². The van der Waals surface area contributed by atoms with Crippen molar-refractivity contribution < 1.29 is 18.0 Å². The Hall–Kier alpha value is -3.38. The van der Waals surface area contributed by atoms with Crippen LogP contribution in [0.1, 0.15) is 21.6 Å². The highest BCUT2D eigenvalue weighted by Crippen LogP contribution is 2.33. The second kappa shape index (κ2) is 7.09. The molecule has 1 amide bonds. The van der Waals surface area contributed by atoms with Gasteiger partial charge in [0.25, 0.3) is 5.91 Å². The van der Waals surface area contributed by atoms with Gasteiger partial charge in [-0.15, -0.1) is 5.10 Å². The van der Waals surface area contributed by atoms with E-state index >= 15 is 0 Å². The van der Waals surface area contributed by atoms with Crippen molar-refractivity contribution in [3.8, 4) is 11.8 Å². The maximum atomic E-state index is 13.1. The number of aromatic nitrogens is 3. The first-order valence-electron chi connectivity index (χ1n) is 7.39. The minimum absolute atomic E-state index is 0.164. The molecule has 1 N–H and O–H groups in total. The number of nitriles is 1. The molecule has 0 unspecified atom stereocenters. The monoisotopic (exact) mass is 391 g/mol. The third-order valence-electron chi connectivity index (χ3n) is 3.53. The number of anilines is 1. The fraction of sp³-hybridized carbons (Fsp3) is 0.0588. The maximum absolute atomic E-state index is 13.1. The molecule has 0 radical (unpaired) electrons. The van der Waals surface area contributed by atoms with Gasteiger partial charge < -0.3 is 5.32 Å². The number of carbonyl (C=O) groups is 1. The Morgan fingerprint density at radius 1 is 1.22 bits per heavy atom. The molecule has 0 fully saturated rings. The normalized spacial score (nSPS) is 11.1. The molecule has 136 valence electrons. The van der Waals surface area contributed by atoms with Crippen molar-refractivity contribution in [3.63, 3.8) is 0 Å². The van der Waals surface area contributed by atoms with E-state index < -0.39 is 17.6 Å². The zero-order valence-corrected chi connectivity index (χ0v) is 14.1. The molecule has 0 aliphatic rings. The molecule has 0 atom stereocenters. The smallest absolute Gasteiger partial charge is 0.320 e. The van der Waals surface area contributed by atoms with Crippen molar-refractivity contribution in [1.29, 1.82) is 5.26 Å². The number of hydrogen-bond acceptors (Lipinski definition) is 4. The zero-order chi connectivity index (χ0) is 19.6. The van der Waals surface area contributed by atoms with Crippen molar-refractivity contribution in [1.82, 2.24) is 15.0 Å². The lowest BCUT2D eigenvalue weighted by Gasteiger charge is -2.11. The molecular weight excluding hydrogens is 383 g/mol. The van der Waals surface area contributed by atoms with Gasteiger partial charge in [-0.05, 0) is 30.3 Å². The molecule has 27 heavy (non-hydrogen) atoms. The lowest BCUT2D eigenvalue weighted by Crippen LogP contribution is -2.13. The summed E-state index contributed by atoms with van der Waals surface area (Å²) < 4.78 is 40.2. The molecule has 10 heteroatoms. The SMILES string of the molecule is N#Cc1cc(NC(=O)c2cn(-c3ccccc3C(F)(F)F)nn2)ccc1Cl. The van der Waals surface area contributed by atoms with Crippen LogP contribution in [-0.4, -0.2) is 20.9 Å². The topological polar surface area (TPSA) is 83.6 Å². The molecule has 3 aromatic rings. The van der Waals surface area contributed by atoms with Gasteiger partial charge in [0.2, 0.25) is 0 Å². The number of carbonyl (C=O) groups excluding carboxylic acids is 1. The predicted octanol–water partition coefficient (Wildman–Crippen LogP) is 4.06. The van der Waals surface area contributed by atoms with Crippen LogP contribution in [0.15, 0.2) is 48.7 Å². The van der Waals surface area contributed by atoms with Gasteiger partial charge in [-0.3, -0.25) is 4.79 Å². The van der Waals surface area contributed by atoms with Crippen LogP contribution in [0.3, 0.4) is 0 Å². The largest absolute Gasteiger partial charge is 0.418 e. The van der Waals surface area contributed by atoms with Gasteiger partial charge in [0.1, 0.15) is 6.07 Å². The molecule has 0 aliphatic heterocycles. The summed E-state index contributed by atoms with van der Waals surface area (Å²) in [7, 11) is 0. The summed E-state index contributed by atoms with van der Waals surface area (Å²) in [5.74, 6) is -0.697. The summed E-state index contributed by atoms with van der Waals surface area (Å²) in [5, 5.41) is 18.9. The highest BCUT2D eigenvalue weighted by molar-refractivity contribution is 6.31. The Kier molecular flexibility index (Phi) is 4.83. The van der Waals surface area contributed by atoms with Gasteiger partial charge in [0, 0.05) is 5.69 Å². The average molecular weight is 392 g/mol. The first-order valence-corrected chi connectivity index (χ1v) is 7.77. The Labute approximate surface area is 155 Å². The van der Waals surface area contributed by atoms with Gasteiger partial charge in [-0.25, -0.2) is 4.68 Å². The minimum atomic E-state index is -4.58. The van der Waals surface area contributed by atoms with Crippen LogP contribution in [0.4, 0.5) is 18.9 Å². The van der Waals surface area contributed by atoms with E-state index in [1.807, 2.05) is 6.07 Å². The van der Waals surface area contributed by atoms with E-state index in [-0.39, 0.29) is 27.7 Å². The number of amides is 1. The predicted molar refractivity (Wildman–Crippen MR) is 90.5 cm³/mol. The molecule has 0 saturated carbocycles. The Bertz CT molecular complexity index is 1060. The fourth-order valence-corrected chi connectivity index (χ4v) is 2.44. The second-order valence-corrected chi connectivity index (χ2v) is 5.73. The Morgan fingerprint density at radius 3 is 2.67 bits per heavy atom. The summed E-state index contributed by atoms with van der Waals surface area (Å²) in [6, 6.07) is 11.0. The second-order valence-electron chi connectivity index (χ2n) is 5.32. The number of hydrogen-bond donors (Lipinski definition) is 1. The molecule has 6 nitrogen and oxygen atoms in total. The van der Waals surface area contributed by atoms with Crippen LogP contribution in [0.5, 0.6) is 0 Å². The molecule has 2 aromatic carbocycles. The number of para-hydroxylation sites is 1. The molecule has 0 aliphatic carbocycles. The first-order chi connectivity index (χ1) is 12.8. The number of halogens is 4. The van der Waals surface area contributed by atoms with E-state index in [9.17, 15) is 18.0 Å². The third kappa shape index (κ3) is 3.91. The van der Waals surface area contributed by atoms with Crippen LogP contribution in [0.25, 0.3) is 5.69 Å². The number of nitrogens with zero attached hydrogens (tertiary/aromatic N) is 4. The summed E-state index contributed by atoms with van der Waals surface area (Å²) in [5.41, 5.74) is -0.906. The highest BCUT2D eigenvalue weighted by atomic mass is 35.5. The summed E-state index contributed by atoms with van der Waals surface area (Å²) in [6.07, 6.45) is -3.50. The summed E-state index contributed by atoms with van der Waals surface area (Å²) in [4.78, 5) is 12.3. The van der Waals surface area contributed by atoms with Gasteiger partial charge in [-0.1, -0.05) is 28.9 Å². The maximum Gasteiger partial charge on any atom is 0.418 e. The molecular formula is C17H9ClF3N5O. The minimum Gasteiger partial charge on any atom is -0.320 e. The average Bonchev–Trinajstić information content (AvgIpc) is 3.13. The quantitative estimate of drug-likeness (QED) is 0.729. The van der Waals surface area contributed by atoms with Gasteiger partial charge in [0.15, 0.2) is 5.69 Å². The molecule has 1 heterocycles. The van der Waals surface area contributed by atoms with Crippen molar-refractivity contribution in [2.75, 3.05) is 5.32 Å². The lowest BCUT2D eigenvalue weighted by molar-refractivity contribution is -0.137. The van der Waals surface area contributed by atoms with Crippen LogP contribution in [0.2, 0.25) is 5.02 Å². The Balaban J connectivity index is 1.87. The molecule has 3 rings (SSSR count). The van der Waals surface area contributed by atoms with E-state index in [0.29, 0.717) is 0 Å². The van der Waals surface area contributed by atoms with Crippen molar-refractivity contribution in [2.45, 2.75) is 6.18 Å². The summed E-state index contributed by atoms with van der Waals surface area (Å²) in [6.45, 7) is 0. The zero-order valence-electron chi connectivity index (χ0n) is 13.3. The first kappa shape index (κ1) is 18.4. The highest BCUT2D eigenvalue weighted by Gasteiger charge is 2.34. The lowest BCUT2D eigenvalue weighted by atomic mass is 10.1. The van der Waals surface area contributed by atoms with Crippen LogP contribution in [-0.2, 0) is 6.18 Å². The van der Waals surface area contributed by atoms with Crippen LogP contribution >= 0.6 is 11.6 Å². The van der Waals surface area contributed by atoms with E-state index in [2.05, 4.69) is 15.6 Å². The van der Waals surface area contributed by atoms with Crippen LogP contribution in [0, 0.1) is 11.3 Å². The van der Waals surface area contributed by atoms with Crippen molar-refractivity contribution in [2.24, 2.45) is 0 Å². The molecule has 0 spiro atoms. The number of alkyl halides is 3.